The summed E-state index contributed by atoms with van der Waals surface area (Å²) in [5, 5.41) is 12.8. The summed E-state index contributed by atoms with van der Waals surface area (Å²) in [6, 6.07) is 7.12. The first-order chi connectivity index (χ1) is 13.6. The monoisotopic (exact) mass is 395 g/mol. The zero-order valence-electron chi connectivity index (χ0n) is 15.2. The summed E-state index contributed by atoms with van der Waals surface area (Å²) >= 11 is 1.43. The topological polar surface area (TPSA) is 105 Å². The molecule has 1 aliphatic rings. The second-order valence-corrected chi connectivity index (χ2v) is 7.67. The third-order valence-electron chi connectivity index (χ3n) is 4.75. The van der Waals surface area contributed by atoms with E-state index in [1.54, 1.807) is 18.2 Å². The number of para-hydroxylation sites is 1. The fraction of sp³-hybridized carbons (Fsp3) is 0.300. The van der Waals surface area contributed by atoms with Crippen LogP contribution in [0.4, 0.5) is 5.00 Å². The van der Waals surface area contributed by atoms with Crippen LogP contribution in [-0.2, 0) is 22.4 Å². The van der Waals surface area contributed by atoms with Gasteiger partial charge in [-0.05, 0) is 50.3 Å². The molecule has 3 aromatic rings. The van der Waals surface area contributed by atoms with Crippen molar-refractivity contribution < 1.29 is 18.7 Å². The summed E-state index contributed by atoms with van der Waals surface area (Å²) in [4.78, 5) is 30.2. The van der Waals surface area contributed by atoms with E-state index in [2.05, 4.69) is 16.4 Å². The number of oxazole rings is 1. The molecule has 1 aliphatic carbocycles. The highest BCUT2D eigenvalue weighted by molar-refractivity contribution is 7.16. The van der Waals surface area contributed by atoms with E-state index in [1.165, 1.54) is 24.7 Å². The number of rotatable bonds is 4. The third kappa shape index (κ3) is 3.25. The Balaban J connectivity index is 1.49. The van der Waals surface area contributed by atoms with Crippen molar-refractivity contribution in [1.82, 2.24) is 4.98 Å². The minimum Gasteiger partial charge on any atom is -0.449 e. The van der Waals surface area contributed by atoms with E-state index in [9.17, 15) is 14.9 Å². The molecule has 142 valence electrons. The molecule has 8 heteroatoms. The van der Waals surface area contributed by atoms with Gasteiger partial charge >= 0.3 is 5.97 Å². The number of nitrogens with zero attached hydrogens (tertiary/aromatic N) is 2. The minimum atomic E-state index is -1.03. The first-order valence-corrected chi connectivity index (χ1v) is 9.79. The number of esters is 1. The SMILES string of the molecule is CC(OC(=O)c1cccc2ocnc12)C(=O)Nc1sc2c(c1C#N)CCCC2. The van der Waals surface area contributed by atoms with Crippen LogP contribution in [0.15, 0.2) is 29.0 Å². The summed E-state index contributed by atoms with van der Waals surface area (Å²) < 4.78 is 10.5. The fourth-order valence-corrected chi connectivity index (χ4v) is 4.56. The normalized spacial score (nSPS) is 14.1. The summed E-state index contributed by atoms with van der Waals surface area (Å²) in [5.74, 6) is -1.14. The van der Waals surface area contributed by atoms with Gasteiger partial charge in [0.2, 0.25) is 0 Å². The zero-order valence-corrected chi connectivity index (χ0v) is 16.0. The van der Waals surface area contributed by atoms with Gasteiger partial charge in [0.05, 0.1) is 11.1 Å². The molecular weight excluding hydrogens is 378 g/mol. The number of aromatic nitrogens is 1. The first-order valence-electron chi connectivity index (χ1n) is 8.97. The van der Waals surface area contributed by atoms with Gasteiger partial charge in [0.1, 0.15) is 16.6 Å². The van der Waals surface area contributed by atoms with Crippen LogP contribution in [0.25, 0.3) is 11.1 Å². The average Bonchev–Trinajstić information content (AvgIpc) is 3.31. The van der Waals surface area contributed by atoms with Crippen LogP contribution in [0.5, 0.6) is 0 Å². The Labute approximate surface area is 164 Å². The number of benzene rings is 1. The van der Waals surface area contributed by atoms with Crippen LogP contribution in [0, 0.1) is 11.3 Å². The van der Waals surface area contributed by atoms with Crippen molar-refractivity contribution in [2.45, 2.75) is 38.7 Å². The van der Waals surface area contributed by atoms with Gasteiger partial charge in [-0.25, -0.2) is 9.78 Å². The van der Waals surface area contributed by atoms with E-state index in [4.69, 9.17) is 9.15 Å². The molecule has 1 unspecified atom stereocenters. The Hall–Kier alpha value is -3.18. The first kappa shape index (κ1) is 18.2. The number of nitrogens with one attached hydrogen (secondary N) is 1. The number of amides is 1. The highest BCUT2D eigenvalue weighted by atomic mass is 32.1. The molecule has 1 amide bonds. The molecule has 0 fully saturated rings. The highest BCUT2D eigenvalue weighted by Crippen LogP contribution is 2.37. The molecule has 0 bridgehead atoms. The number of carbonyl (C=O) groups is 2. The Morgan fingerprint density at radius 3 is 3.00 bits per heavy atom. The zero-order chi connectivity index (χ0) is 19.7. The summed E-state index contributed by atoms with van der Waals surface area (Å²) in [6.45, 7) is 1.50. The molecule has 28 heavy (non-hydrogen) atoms. The van der Waals surface area contributed by atoms with Gasteiger partial charge in [0.25, 0.3) is 5.91 Å². The second kappa shape index (κ2) is 7.44. The molecule has 1 aromatic carbocycles. The number of hydrogen-bond donors (Lipinski definition) is 1. The van der Waals surface area contributed by atoms with Gasteiger partial charge in [-0.2, -0.15) is 5.26 Å². The Morgan fingerprint density at radius 1 is 1.36 bits per heavy atom. The summed E-state index contributed by atoms with van der Waals surface area (Å²) in [5.41, 5.74) is 2.65. The molecule has 2 aromatic heterocycles. The molecule has 0 radical (unpaired) electrons. The van der Waals surface area contributed by atoms with E-state index < -0.39 is 18.0 Å². The predicted molar refractivity (Wildman–Crippen MR) is 103 cm³/mol. The molecule has 4 rings (SSSR count). The molecule has 1 atom stereocenters. The minimum absolute atomic E-state index is 0.232. The van der Waals surface area contributed by atoms with Gasteiger partial charge in [0, 0.05) is 4.88 Å². The van der Waals surface area contributed by atoms with Crippen LogP contribution in [0.2, 0.25) is 0 Å². The molecule has 7 nitrogen and oxygen atoms in total. The largest absolute Gasteiger partial charge is 0.449 e. The van der Waals surface area contributed by atoms with E-state index in [0.29, 0.717) is 21.7 Å². The van der Waals surface area contributed by atoms with Gasteiger partial charge < -0.3 is 14.5 Å². The number of hydrogen-bond acceptors (Lipinski definition) is 7. The number of ether oxygens (including phenoxy) is 1. The molecule has 0 saturated heterocycles. The van der Waals surface area contributed by atoms with Crippen LogP contribution in [0.3, 0.4) is 0 Å². The van der Waals surface area contributed by atoms with E-state index in [-0.39, 0.29) is 5.56 Å². The molecular formula is C20H17N3O4S. The van der Waals surface area contributed by atoms with Crippen LogP contribution >= 0.6 is 11.3 Å². The van der Waals surface area contributed by atoms with E-state index >= 15 is 0 Å². The molecule has 1 N–H and O–H groups in total. The van der Waals surface area contributed by atoms with Crippen LogP contribution in [-0.4, -0.2) is 23.0 Å². The van der Waals surface area contributed by atoms with Crippen molar-refractivity contribution in [2.75, 3.05) is 5.32 Å². The predicted octanol–water partition coefficient (Wildman–Crippen LogP) is 3.82. The van der Waals surface area contributed by atoms with E-state index in [0.717, 1.165) is 36.1 Å². The van der Waals surface area contributed by atoms with Gasteiger partial charge in [-0.3, -0.25) is 4.79 Å². The van der Waals surface area contributed by atoms with Crippen molar-refractivity contribution in [3.8, 4) is 6.07 Å². The van der Waals surface area contributed by atoms with Gasteiger partial charge in [0.15, 0.2) is 18.1 Å². The van der Waals surface area contributed by atoms with Gasteiger partial charge in [-0.1, -0.05) is 6.07 Å². The number of fused-ring (bicyclic) bond motifs is 2. The molecule has 0 spiro atoms. The lowest BCUT2D eigenvalue weighted by atomic mass is 9.96. The lowest BCUT2D eigenvalue weighted by molar-refractivity contribution is -0.123. The molecule has 0 aliphatic heterocycles. The Bertz CT molecular complexity index is 1110. The number of thiophene rings is 1. The van der Waals surface area contributed by atoms with Crippen molar-refractivity contribution in [3.63, 3.8) is 0 Å². The molecule has 0 saturated carbocycles. The number of carbonyl (C=O) groups excluding carboxylic acids is 2. The van der Waals surface area contributed by atoms with E-state index in [1.807, 2.05) is 0 Å². The number of nitriles is 1. The Kier molecular flexibility index (Phi) is 4.84. The third-order valence-corrected chi connectivity index (χ3v) is 5.96. The molecule has 2 heterocycles. The maximum atomic E-state index is 12.5. The lowest BCUT2D eigenvalue weighted by Crippen LogP contribution is -2.30. The fourth-order valence-electron chi connectivity index (χ4n) is 3.31. The van der Waals surface area contributed by atoms with Crippen LogP contribution < -0.4 is 5.32 Å². The van der Waals surface area contributed by atoms with Crippen molar-refractivity contribution in [1.29, 1.82) is 5.26 Å². The summed E-state index contributed by atoms with van der Waals surface area (Å²) in [6.07, 6.45) is 4.15. The number of aryl methyl sites for hydroxylation is 1. The second-order valence-electron chi connectivity index (χ2n) is 6.57. The maximum Gasteiger partial charge on any atom is 0.341 e. The maximum absolute atomic E-state index is 12.5. The average molecular weight is 395 g/mol. The summed E-state index contributed by atoms with van der Waals surface area (Å²) in [7, 11) is 0. The quantitative estimate of drug-likeness (QED) is 0.673. The highest BCUT2D eigenvalue weighted by Gasteiger charge is 2.25. The van der Waals surface area contributed by atoms with Crippen molar-refractivity contribution in [3.05, 3.63) is 46.2 Å². The smallest absolute Gasteiger partial charge is 0.341 e. The Morgan fingerprint density at radius 2 is 2.18 bits per heavy atom. The standard InChI is InChI=1S/C20H17N3O4S/c1-11(27-20(25)13-6-4-7-15-17(13)22-10-26-15)18(24)23-19-14(9-21)12-5-2-3-8-16(12)28-19/h4,6-7,10-11H,2-3,5,8H2,1H3,(H,23,24). The van der Waals surface area contributed by atoms with Gasteiger partial charge in [-0.15, -0.1) is 11.3 Å². The van der Waals surface area contributed by atoms with Crippen LogP contribution in [0.1, 0.15) is 46.1 Å². The lowest BCUT2D eigenvalue weighted by Gasteiger charge is -2.13. The van der Waals surface area contributed by atoms with Crippen molar-refractivity contribution >= 4 is 39.3 Å². The number of anilines is 1. The van der Waals surface area contributed by atoms with Crippen molar-refractivity contribution in [2.24, 2.45) is 0 Å².